The summed E-state index contributed by atoms with van der Waals surface area (Å²) in [6.45, 7) is 4.09. The summed E-state index contributed by atoms with van der Waals surface area (Å²) in [5, 5.41) is 1.50. The molecule has 0 amide bonds. The van der Waals surface area contributed by atoms with Crippen molar-refractivity contribution in [3.63, 3.8) is 0 Å². The van der Waals surface area contributed by atoms with E-state index in [1.165, 1.54) is 17.5 Å². The van der Waals surface area contributed by atoms with Crippen LogP contribution in [-0.2, 0) is 0 Å². The van der Waals surface area contributed by atoms with E-state index in [0.29, 0.717) is 0 Å². The first-order chi connectivity index (χ1) is 8.74. The van der Waals surface area contributed by atoms with E-state index in [-0.39, 0.29) is 5.38 Å². The van der Waals surface area contributed by atoms with Gasteiger partial charge < -0.3 is 4.90 Å². The Balaban J connectivity index is 2.09. The number of aryl methyl sites for hydroxylation is 1. The SMILES string of the molecule is Cc1cc(N2CCCC(Cl)C2)c2ccccc2n1. The van der Waals surface area contributed by atoms with Gasteiger partial charge in [-0.1, -0.05) is 18.2 Å². The maximum Gasteiger partial charge on any atom is 0.0726 e. The number of hydrogen-bond acceptors (Lipinski definition) is 2. The zero-order valence-corrected chi connectivity index (χ0v) is 11.3. The van der Waals surface area contributed by atoms with Crippen LogP contribution in [0.5, 0.6) is 0 Å². The lowest BCUT2D eigenvalue weighted by Gasteiger charge is -2.32. The van der Waals surface area contributed by atoms with E-state index in [1.54, 1.807) is 0 Å². The number of aromatic nitrogens is 1. The number of halogens is 1. The maximum atomic E-state index is 6.29. The van der Waals surface area contributed by atoms with Gasteiger partial charge in [0, 0.05) is 29.9 Å². The minimum absolute atomic E-state index is 0.269. The minimum Gasteiger partial charge on any atom is -0.369 e. The Morgan fingerprint density at radius 3 is 3.00 bits per heavy atom. The molecular weight excluding hydrogens is 244 g/mol. The van der Waals surface area contributed by atoms with Gasteiger partial charge in [-0.15, -0.1) is 11.6 Å². The molecule has 0 radical (unpaired) electrons. The molecule has 2 nitrogen and oxygen atoms in total. The molecule has 0 saturated carbocycles. The Bertz CT molecular complexity index is 567. The van der Waals surface area contributed by atoms with Crippen molar-refractivity contribution in [3.8, 4) is 0 Å². The molecule has 1 aromatic carbocycles. The Morgan fingerprint density at radius 1 is 1.33 bits per heavy atom. The van der Waals surface area contributed by atoms with Crippen LogP contribution in [-0.4, -0.2) is 23.5 Å². The highest BCUT2D eigenvalue weighted by Crippen LogP contribution is 2.29. The molecule has 2 aromatic rings. The Kier molecular flexibility index (Phi) is 3.13. The van der Waals surface area contributed by atoms with Gasteiger partial charge in [-0.25, -0.2) is 0 Å². The Morgan fingerprint density at radius 2 is 2.17 bits per heavy atom. The van der Waals surface area contributed by atoms with E-state index in [0.717, 1.165) is 30.7 Å². The predicted octanol–water partition coefficient (Wildman–Crippen LogP) is 3.75. The molecule has 1 aromatic heterocycles. The lowest BCUT2D eigenvalue weighted by Crippen LogP contribution is -2.36. The number of anilines is 1. The molecule has 1 saturated heterocycles. The third-order valence-electron chi connectivity index (χ3n) is 3.53. The van der Waals surface area contributed by atoms with Crippen LogP contribution in [0.25, 0.3) is 10.9 Å². The van der Waals surface area contributed by atoms with E-state index >= 15 is 0 Å². The maximum absolute atomic E-state index is 6.29. The summed E-state index contributed by atoms with van der Waals surface area (Å²) in [5.41, 5.74) is 3.42. The summed E-state index contributed by atoms with van der Waals surface area (Å²) in [6, 6.07) is 10.5. The first-order valence-electron chi connectivity index (χ1n) is 6.49. The van der Waals surface area contributed by atoms with E-state index in [9.17, 15) is 0 Å². The van der Waals surface area contributed by atoms with Crippen LogP contribution in [0.2, 0.25) is 0 Å². The fourth-order valence-electron chi connectivity index (χ4n) is 2.69. The zero-order chi connectivity index (χ0) is 12.5. The number of rotatable bonds is 1. The molecule has 0 aliphatic carbocycles. The second-order valence-corrected chi connectivity index (χ2v) is 5.60. The van der Waals surface area contributed by atoms with E-state index in [4.69, 9.17) is 11.6 Å². The van der Waals surface area contributed by atoms with E-state index in [2.05, 4.69) is 41.1 Å². The average Bonchev–Trinajstić information content (AvgIpc) is 2.37. The molecule has 0 N–H and O–H groups in total. The largest absolute Gasteiger partial charge is 0.369 e. The van der Waals surface area contributed by atoms with Crippen molar-refractivity contribution in [1.82, 2.24) is 4.98 Å². The summed E-state index contributed by atoms with van der Waals surface area (Å²) >= 11 is 6.29. The topological polar surface area (TPSA) is 16.1 Å². The number of hydrogen-bond donors (Lipinski definition) is 0. The molecule has 18 heavy (non-hydrogen) atoms. The van der Waals surface area contributed by atoms with Crippen molar-refractivity contribution in [2.24, 2.45) is 0 Å². The molecule has 1 aliphatic rings. The van der Waals surface area contributed by atoms with Crippen molar-refractivity contribution < 1.29 is 0 Å². The highest BCUT2D eigenvalue weighted by atomic mass is 35.5. The van der Waals surface area contributed by atoms with Crippen LogP contribution in [0, 0.1) is 6.92 Å². The second-order valence-electron chi connectivity index (χ2n) is 4.99. The van der Waals surface area contributed by atoms with Crippen molar-refractivity contribution in [3.05, 3.63) is 36.0 Å². The minimum atomic E-state index is 0.269. The number of para-hydroxylation sites is 1. The lowest BCUT2D eigenvalue weighted by atomic mass is 10.1. The van der Waals surface area contributed by atoms with E-state index < -0.39 is 0 Å². The van der Waals surface area contributed by atoms with Crippen molar-refractivity contribution in [1.29, 1.82) is 0 Å². The van der Waals surface area contributed by atoms with Gasteiger partial charge in [-0.05, 0) is 31.9 Å². The van der Waals surface area contributed by atoms with Gasteiger partial charge in [0.15, 0.2) is 0 Å². The van der Waals surface area contributed by atoms with Crippen molar-refractivity contribution in [2.45, 2.75) is 25.1 Å². The van der Waals surface area contributed by atoms with Gasteiger partial charge >= 0.3 is 0 Å². The normalized spacial score (nSPS) is 20.3. The molecular formula is C15H17ClN2. The molecule has 1 fully saturated rings. The van der Waals surface area contributed by atoms with Crippen molar-refractivity contribution >= 4 is 28.2 Å². The van der Waals surface area contributed by atoms with E-state index in [1.807, 2.05) is 6.07 Å². The van der Waals surface area contributed by atoms with Crippen LogP contribution in [0.4, 0.5) is 5.69 Å². The molecule has 1 aliphatic heterocycles. The fraction of sp³-hybridized carbons (Fsp3) is 0.400. The summed E-state index contributed by atoms with van der Waals surface area (Å²) in [4.78, 5) is 6.99. The zero-order valence-electron chi connectivity index (χ0n) is 10.6. The number of piperidine rings is 1. The molecule has 94 valence electrons. The first-order valence-corrected chi connectivity index (χ1v) is 6.93. The first kappa shape index (κ1) is 11.8. The fourth-order valence-corrected chi connectivity index (χ4v) is 3.01. The average molecular weight is 261 g/mol. The summed E-state index contributed by atoms with van der Waals surface area (Å²) in [7, 11) is 0. The van der Waals surface area contributed by atoms with Gasteiger partial charge in [0.2, 0.25) is 0 Å². The van der Waals surface area contributed by atoms with Crippen LogP contribution < -0.4 is 4.90 Å². The Labute approximate surface area is 113 Å². The number of pyridine rings is 1. The van der Waals surface area contributed by atoms with Crippen LogP contribution in [0.15, 0.2) is 30.3 Å². The van der Waals surface area contributed by atoms with Gasteiger partial charge in [0.1, 0.15) is 0 Å². The van der Waals surface area contributed by atoms with Gasteiger partial charge in [-0.2, -0.15) is 0 Å². The third kappa shape index (κ3) is 2.17. The monoisotopic (exact) mass is 260 g/mol. The number of alkyl halides is 1. The van der Waals surface area contributed by atoms with Gasteiger partial charge in [0.05, 0.1) is 10.9 Å². The molecule has 3 heteroatoms. The number of benzene rings is 1. The molecule has 1 atom stereocenters. The Hall–Kier alpha value is -1.28. The molecule has 0 bridgehead atoms. The van der Waals surface area contributed by atoms with Crippen LogP contribution in [0.3, 0.4) is 0 Å². The number of nitrogens with zero attached hydrogens (tertiary/aromatic N) is 2. The highest BCUT2D eigenvalue weighted by molar-refractivity contribution is 6.21. The van der Waals surface area contributed by atoms with Crippen molar-refractivity contribution in [2.75, 3.05) is 18.0 Å². The summed E-state index contributed by atoms with van der Waals surface area (Å²) < 4.78 is 0. The van der Waals surface area contributed by atoms with Gasteiger partial charge in [0.25, 0.3) is 0 Å². The molecule has 2 heterocycles. The van der Waals surface area contributed by atoms with Gasteiger partial charge in [-0.3, -0.25) is 4.98 Å². The molecule has 3 rings (SSSR count). The number of fused-ring (bicyclic) bond motifs is 1. The smallest absolute Gasteiger partial charge is 0.0726 e. The predicted molar refractivity (Wildman–Crippen MR) is 77.6 cm³/mol. The van der Waals surface area contributed by atoms with Crippen LogP contribution >= 0.6 is 11.6 Å². The molecule has 0 spiro atoms. The highest BCUT2D eigenvalue weighted by Gasteiger charge is 2.19. The summed E-state index contributed by atoms with van der Waals surface area (Å²) in [5.74, 6) is 0. The van der Waals surface area contributed by atoms with Crippen LogP contribution in [0.1, 0.15) is 18.5 Å². The quantitative estimate of drug-likeness (QED) is 0.726. The lowest BCUT2D eigenvalue weighted by molar-refractivity contribution is 0.585. The molecule has 1 unspecified atom stereocenters. The summed E-state index contributed by atoms with van der Waals surface area (Å²) in [6.07, 6.45) is 2.30. The second kappa shape index (κ2) is 4.77. The third-order valence-corrected chi connectivity index (χ3v) is 3.88. The standard InChI is InChI=1S/C15H17ClN2/c1-11-9-15(18-8-4-5-12(16)10-18)13-6-2-3-7-14(13)17-11/h2-3,6-7,9,12H,4-5,8,10H2,1H3.